The van der Waals surface area contributed by atoms with Gasteiger partial charge in [-0.1, -0.05) is 377 Å². The van der Waals surface area contributed by atoms with Crippen LogP contribution in [0.5, 0.6) is 0 Å². The molecule has 0 radical (unpaired) electrons. The number of likely N-dealkylation sites (N-methyl/N-ethyl adjacent to an activating group) is 1. The van der Waals surface area contributed by atoms with Crippen LogP contribution in [0.15, 0.2) is 48.6 Å². The molecule has 9 nitrogen and oxygen atoms in total. The lowest BCUT2D eigenvalue weighted by atomic mass is 10.0. The maximum atomic E-state index is 13.0. The van der Waals surface area contributed by atoms with Crippen LogP contribution in [0.2, 0.25) is 0 Å². The number of carbonyl (C=O) groups is 3. The number of unbranched alkanes of at least 4 members (excludes halogenated alkanes) is 51. The smallest absolute Gasteiger partial charge is 0.306 e. The molecule has 0 rings (SSSR count). The van der Waals surface area contributed by atoms with E-state index in [0.29, 0.717) is 17.4 Å². The molecule has 0 fully saturated rings. The minimum Gasteiger partial charge on any atom is -0.545 e. The number of hydrogen-bond donors (Lipinski definition) is 0. The summed E-state index contributed by atoms with van der Waals surface area (Å²) in [7, 11) is 5.95. The monoisotopic (exact) mass is 1270 g/mol. The molecule has 9 heteroatoms. The molecule has 0 aliphatic heterocycles. The average molecular weight is 1270 g/mol. The Morgan fingerprint density at radius 3 is 0.944 bits per heavy atom. The lowest BCUT2D eigenvalue weighted by Crippen LogP contribution is -2.44. The van der Waals surface area contributed by atoms with Crippen LogP contribution in [0.4, 0.5) is 0 Å². The van der Waals surface area contributed by atoms with E-state index in [9.17, 15) is 19.5 Å². The summed E-state index contributed by atoms with van der Waals surface area (Å²) >= 11 is 0. The zero-order valence-corrected chi connectivity index (χ0v) is 60.5. The first kappa shape index (κ1) is 87.2. The molecular formula is C81H151NO8. The van der Waals surface area contributed by atoms with E-state index < -0.39 is 24.3 Å². The number of nitrogens with zero attached hydrogens (tertiary/aromatic N) is 1. The second kappa shape index (κ2) is 72.1. The molecule has 528 valence electrons. The van der Waals surface area contributed by atoms with Crippen molar-refractivity contribution in [2.75, 3.05) is 47.5 Å². The minimum absolute atomic E-state index is 0.151. The molecule has 0 aromatic rings. The Kier molecular flexibility index (Phi) is 69.9. The molecular weight excluding hydrogens is 1110 g/mol. The molecule has 0 aromatic heterocycles. The Balaban J connectivity index is 3.98. The summed E-state index contributed by atoms with van der Waals surface area (Å²) in [6.07, 6.45) is 90.9. The van der Waals surface area contributed by atoms with Crippen LogP contribution in [-0.2, 0) is 33.3 Å². The van der Waals surface area contributed by atoms with Gasteiger partial charge in [0.1, 0.15) is 13.2 Å². The number of ether oxygens (including phenoxy) is 4. The maximum absolute atomic E-state index is 13.0. The first-order chi connectivity index (χ1) is 44.1. The van der Waals surface area contributed by atoms with Crippen molar-refractivity contribution in [3.8, 4) is 0 Å². The van der Waals surface area contributed by atoms with Crippen molar-refractivity contribution in [1.82, 2.24) is 0 Å². The van der Waals surface area contributed by atoms with Crippen LogP contribution in [0.1, 0.15) is 393 Å². The standard InChI is InChI=1S/C81H151NO8/c1-6-8-10-12-14-16-18-20-22-24-26-28-30-32-34-36-38-40-42-44-46-48-50-52-54-56-58-60-62-64-66-68-70-72-79(84)90-77(76-89-81(80(85)86)87-74-73-82(3,4)5)75-88-78(83)71-69-67-65-63-61-59-57-55-53-51-49-47-45-43-41-39-37-35-33-31-29-27-25-23-21-19-17-15-13-11-9-7-2/h8,10,14,16,20,22,26,28,77,81H,6-7,9,11-13,15,17-19,21,23-25,27,29-76H2,1-5H3/b10-8-,16-14-,22-20-,28-26-. The third-order valence-electron chi connectivity index (χ3n) is 17.8. The fraction of sp³-hybridized carbons (Fsp3) is 0.864. The maximum Gasteiger partial charge on any atom is 0.306 e. The van der Waals surface area contributed by atoms with Crippen LogP contribution >= 0.6 is 0 Å². The van der Waals surface area contributed by atoms with Gasteiger partial charge < -0.3 is 33.3 Å². The van der Waals surface area contributed by atoms with E-state index in [1.807, 2.05) is 21.1 Å². The number of rotatable bonds is 74. The van der Waals surface area contributed by atoms with E-state index in [-0.39, 0.29) is 32.2 Å². The fourth-order valence-corrected chi connectivity index (χ4v) is 11.9. The Bertz CT molecular complexity index is 1620. The number of aliphatic carboxylic acids is 1. The van der Waals surface area contributed by atoms with Crippen molar-refractivity contribution in [1.29, 1.82) is 0 Å². The van der Waals surface area contributed by atoms with Crippen molar-refractivity contribution in [3.05, 3.63) is 48.6 Å². The predicted molar refractivity (Wildman–Crippen MR) is 385 cm³/mol. The van der Waals surface area contributed by atoms with Crippen molar-refractivity contribution < 1.29 is 42.9 Å². The Morgan fingerprint density at radius 2 is 0.633 bits per heavy atom. The number of hydrogen-bond acceptors (Lipinski definition) is 8. The Labute approximate surface area is 559 Å². The van der Waals surface area contributed by atoms with E-state index in [2.05, 4.69) is 62.5 Å². The number of carboxylic acid groups (broad SMARTS) is 1. The Morgan fingerprint density at radius 1 is 0.344 bits per heavy atom. The highest BCUT2D eigenvalue weighted by atomic mass is 16.7. The second-order valence-electron chi connectivity index (χ2n) is 28.0. The van der Waals surface area contributed by atoms with Crippen molar-refractivity contribution in [2.24, 2.45) is 0 Å². The summed E-state index contributed by atoms with van der Waals surface area (Å²) in [5.74, 6) is -2.25. The summed E-state index contributed by atoms with van der Waals surface area (Å²) in [4.78, 5) is 37.6. The lowest BCUT2D eigenvalue weighted by Gasteiger charge is -2.26. The third-order valence-corrected chi connectivity index (χ3v) is 17.8. The highest BCUT2D eigenvalue weighted by molar-refractivity contribution is 5.70. The average Bonchev–Trinajstić information content (AvgIpc) is 3.72. The molecule has 0 amide bonds. The summed E-state index contributed by atoms with van der Waals surface area (Å²) in [5, 5.41) is 11.9. The fourth-order valence-electron chi connectivity index (χ4n) is 11.9. The molecule has 0 heterocycles. The zero-order chi connectivity index (χ0) is 65.4. The van der Waals surface area contributed by atoms with Crippen LogP contribution in [0.25, 0.3) is 0 Å². The molecule has 0 aromatic carbocycles. The van der Waals surface area contributed by atoms with E-state index in [1.54, 1.807) is 0 Å². The van der Waals surface area contributed by atoms with Gasteiger partial charge in [0.05, 0.1) is 40.3 Å². The van der Waals surface area contributed by atoms with E-state index >= 15 is 0 Å². The topological polar surface area (TPSA) is 111 Å². The molecule has 0 saturated heterocycles. The van der Waals surface area contributed by atoms with Gasteiger partial charge in [-0.05, 0) is 51.4 Å². The first-order valence-electron chi connectivity index (χ1n) is 39.3. The van der Waals surface area contributed by atoms with E-state index in [1.165, 1.54) is 302 Å². The first-order valence-corrected chi connectivity index (χ1v) is 39.3. The zero-order valence-electron chi connectivity index (χ0n) is 60.5. The number of esters is 2. The summed E-state index contributed by atoms with van der Waals surface area (Å²) < 4.78 is 22.9. The molecule has 90 heavy (non-hydrogen) atoms. The molecule has 0 spiro atoms. The van der Waals surface area contributed by atoms with Gasteiger partial charge in [0.2, 0.25) is 0 Å². The predicted octanol–water partition coefficient (Wildman–Crippen LogP) is 23.5. The van der Waals surface area contributed by atoms with Crippen LogP contribution < -0.4 is 5.11 Å². The van der Waals surface area contributed by atoms with Gasteiger partial charge in [-0.3, -0.25) is 9.59 Å². The van der Waals surface area contributed by atoms with Gasteiger partial charge in [0, 0.05) is 12.8 Å². The number of carboxylic acids is 1. The van der Waals surface area contributed by atoms with Crippen LogP contribution in [0.3, 0.4) is 0 Å². The molecule has 0 aliphatic rings. The molecule has 0 N–H and O–H groups in total. The largest absolute Gasteiger partial charge is 0.545 e. The van der Waals surface area contributed by atoms with Crippen LogP contribution in [0, 0.1) is 0 Å². The van der Waals surface area contributed by atoms with E-state index in [4.69, 9.17) is 18.9 Å². The summed E-state index contributed by atoms with van der Waals surface area (Å²) in [6.45, 7) is 4.72. The molecule has 0 bridgehead atoms. The van der Waals surface area contributed by atoms with Crippen molar-refractivity contribution >= 4 is 17.9 Å². The van der Waals surface area contributed by atoms with Crippen molar-refractivity contribution in [3.63, 3.8) is 0 Å². The van der Waals surface area contributed by atoms with Gasteiger partial charge in [-0.2, -0.15) is 0 Å². The highest BCUT2D eigenvalue weighted by Crippen LogP contribution is 2.20. The van der Waals surface area contributed by atoms with Crippen molar-refractivity contribution in [2.45, 2.75) is 405 Å². The molecule has 0 saturated carbocycles. The highest BCUT2D eigenvalue weighted by Gasteiger charge is 2.22. The quantitative estimate of drug-likeness (QED) is 0.0195. The minimum atomic E-state index is -1.62. The number of allylic oxidation sites excluding steroid dienone is 8. The third kappa shape index (κ3) is 72.7. The van der Waals surface area contributed by atoms with E-state index in [0.717, 1.165) is 64.2 Å². The number of quaternary nitrogens is 1. The lowest BCUT2D eigenvalue weighted by molar-refractivity contribution is -0.870. The Hall–Kier alpha value is -2.75. The normalized spacial score (nSPS) is 12.9. The summed E-state index contributed by atoms with van der Waals surface area (Å²) in [6, 6.07) is 0. The molecule has 0 aliphatic carbocycles. The van der Waals surface area contributed by atoms with Gasteiger partial charge in [0.25, 0.3) is 0 Å². The van der Waals surface area contributed by atoms with Gasteiger partial charge >= 0.3 is 11.9 Å². The van der Waals surface area contributed by atoms with Gasteiger partial charge in [0.15, 0.2) is 12.4 Å². The molecule has 2 atom stereocenters. The van der Waals surface area contributed by atoms with Gasteiger partial charge in [-0.25, -0.2) is 0 Å². The van der Waals surface area contributed by atoms with Gasteiger partial charge in [-0.15, -0.1) is 0 Å². The SMILES string of the molecule is CC/C=C\C/C=C\C/C=C\C/C=C\CCCCCCCCCCCCCCCCCCCCCCC(=O)OC(COC(=O)CCCCCCCCCCCCCCCCCCCCCCCCCCCCCCCCCC)COC(OCC[N+](C)(C)C)C(=O)[O-]. The summed E-state index contributed by atoms with van der Waals surface area (Å²) in [5.41, 5.74) is 0. The second-order valence-corrected chi connectivity index (χ2v) is 28.0. The molecule has 2 unspecified atom stereocenters. The number of carbonyl (C=O) groups excluding carboxylic acids is 3. The van der Waals surface area contributed by atoms with Crippen LogP contribution in [-0.4, -0.2) is 82.3 Å².